The molecule has 2 aromatic rings. The molecule has 1 atom stereocenters. The first-order valence-electron chi connectivity index (χ1n) is 6.43. The summed E-state index contributed by atoms with van der Waals surface area (Å²) in [5.41, 5.74) is 0.969. The van der Waals surface area contributed by atoms with Crippen molar-refractivity contribution in [2.24, 2.45) is 0 Å². The van der Waals surface area contributed by atoms with E-state index in [0.717, 1.165) is 18.4 Å². The molecule has 0 N–H and O–H groups in total. The maximum absolute atomic E-state index is 5.76. The molecule has 18 heavy (non-hydrogen) atoms. The molecule has 1 heterocycles. The molecule has 0 aliphatic heterocycles. The molecule has 0 spiro atoms. The lowest BCUT2D eigenvalue weighted by Gasteiger charge is -2.14. The van der Waals surface area contributed by atoms with Crippen LogP contribution in [0.4, 0.5) is 0 Å². The van der Waals surface area contributed by atoms with Gasteiger partial charge in [0.2, 0.25) is 11.8 Å². The van der Waals surface area contributed by atoms with Crippen LogP contribution in [-0.2, 0) is 0 Å². The first-order valence-corrected chi connectivity index (χ1v) is 6.43. The molecule has 0 aliphatic carbocycles. The molecule has 3 heteroatoms. The minimum absolute atomic E-state index is 0.231. The lowest BCUT2D eigenvalue weighted by Crippen LogP contribution is -2.04. The van der Waals surface area contributed by atoms with E-state index < -0.39 is 0 Å². The predicted molar refractivity (Wildman–Crippen MR) is 72.0 cm³/mol. The van der Waals surface area contributed by atoms with Gasteiger partial charge in [-0.1, -0.05) is 45.4 Å². The van der Waals surface area contributed by atoms with Crippen molar-refractivity contribution in [3.63, 3.8) is 0 Å². The van der Waals surface area contributed by atoms with E-state index in [9.17, 15) is 0 Å². The third-order valence-corrected chi connectivity index (χ3v) is 3.22. The zero-order valence-electron chi connectivity index (χ0n) is 11.2. The zero-order valence-corrected chi connectivity index (χ0v) is 11.2. The molecule has 0 aliphatic rings. The second kappa shape index (κ2) is 5.80. The van der Waals surface area contributed by atoms with Gasteiger partial charge in [0.1, 0.15) is 0 Å². The summed E-state index contributed by atoms with van der Waals surface area (Å²) in [4.78, 5) is 0. The Morgan fingerprint density at radius 3 is 2.61 bits per heavy atom. The molecule has 1 aromatic heterocycles. The minimum Gasteiger partial charge on any atom is -0.420 e. The normalized spacial score (nSPS) is 12.9. The van der Waals surface area contributed by atoms with Gasteiger partial charge in [-0.2, -0.15) is 0 Å². The predicted octanol–water partition coefficient (Wildman–Crippen LogP) is 4.23. The third-order valence-electron chi connectivity index (χ3n) is 3.22. The van der Waals surface area contributed by atoms with Crippen molar-refractivity contribution in [1.29, 1.82) is 0 Å². The Kier molecular flexibility index (Phi) is 4.13. The van der Waals surface area contributed by atoms with Crippen molar-refractivity contribution in [3.8, 4) is 11.5 Å². The van der Waals surface area contributed by atoms with Crippen LogP contribution in [0, 0.1) is 5.92 Å². The molecule has 95 valence electrons. The molecular formula is C15H19N2O. The van der Waals surface area contributed by atoms with Crippen molar-refractivity contribution in [1.82, 2.24) is 10.2 Å². The highest BCUT2D eigenvalue weighted by molar-refractivity contribution is 5.51. The van der Waals surface area contributed by atoms with E-state index in [1.54, 1.807) is 0 Å². The van der Waals surface area contributed by atoms with Gasteiger partial charge in [-0.3, -0.25) is 0 Å². The summed E-state index contributed by atoms with van der Waals surface area (Å²) in [6.07, 6.45) is 2.25. The number of benzene rings is 1. The summed E-state index contributed by atoms with van der Waals surface area (Å²) < 4.78 is 5.76. The summed E-state index contributed by atoms with van der Waals surface area (Å²) >= 11 is 0. The molecule has 3 nitrogen and oxygen atoms in total. The average Bonchev–Trinajstić information content (AvgIpc) is 2.89. The van der Waals surface area contributed by atoms with E-state index in [1.165, 1.54) is 5.92 Å². The van der Waals surface area contributed by atoms with Crippen LogP contribution in [0.2, 0.25) is 0 Å². The maximum atomic E-state index is 5.76. The quantitative estimate of drug-likeness (QED) is 0.788. The average molecular weight is 243 g/mol. The first-order chi connectivity index (χ1) is 8.72. The van der Waals surface area contributed by atoms with Gasteiger partial charge < -0.3 is 4.42 Å². The Labute approximate surface area is 108 Å². The Bertz CT molecular complexity index is 478. The number of rotatable bonds is 5. The second-order valence-electron chi connectivity index (χ2n) is 4.63. The van der Waals surface area contributed by atoms with Crippen molar-refractivity contribution >= 4 is 0 Å². The van der Waals surface area contributed by atoms with E-state index in [4.69, 9.17) is 4.42 Å². The van der Waals surface area contributed by atoms with E-state index in [2.05, 4.69) is 31.0 Å². The lowest BCUT2D eigenvalue weighted by molar-refractivity contribution is 0.463. The van der Waals surface area contributed by atoms with Gasteiger partial charge >= 0.3 is 0 Å². The molecule has 1 aromatic carbocycles. The van der Waals surface area contributed by atoms with Gasteiger partial charge in [-0.05, 0) is 24.5 Å². The Morgan fingerprint density at radius 2 is 1.94 bits per heavy atom. The SMILES string of the molecule is CCC[C](C)C(C)c1nnc(-c2ccccc2)o1. The molecule has 0 saturated heterocycles. The number of nitrogens with zero attached hydrogens (tertiary/aromatic N) is 2. The highest BCUT2D eigenvalue weighted by Gasteiger charge is 2.20. The van der Waals surface area contributed by atoms with E-state index in [0.29, 0.717) is 11.8 Å². The first kappa shape index (κ1) is 12.8. The largest absolute Gasteiger partial charge is 0.420 e. The zero-order chi connectivity index (χ0) is 13.0. The summed E-state index contributed by atoms with van der Waals surface area (Å²) in [6.45, 7) is 6.45. The van der Waals surface area contributed by atoms with Gasteiger partial charge in [0.25, 0.3) is 0 Å². The van der Waals surface area contributed by atoms with Crippen LogP contribution in [0.5, 0.6) is 0 Å². The molecule has 0 saturated carbocycles. The van der Waals surface area contributed by atoms with Gasteiger partial charge in [0, 0.05) is 11.5 Å². The summed E-state index contributed by atoms with van der Waals surface area (Å²) in [7, 11) is 0. The van der Waals surface area contributed by atoms with Gasteiger partial charge in [0.15, 0.2) is 0 Å². The number of hydrogen-bond acceptors (Lipinski definition) is 3. The lowest BCUT2D eigenvalue weighted by atomic mass is 9.92. The smallest absolute Gasteiger partial charge is 0.247 e. The van der Waals surface area contributed by atoms with Crippen LogP contribution in [-0.4, -0.2) is 10.2 Å². The summed E-state index contributed by atoms with van der Waals surface area (Å²) in [5, 5.41) is 8.28. The van der Waals surface area contributed by atoms with Gasteiger partial charge in [-0.15, -0.1) is 10.2 Å². The fourth-order valence-corrected chi connectivity index (χ4v) is 1.93. The van der Waals surface area contributed by atoms with E-state index in [1.807, 2.05) is 30.3 Å². The fourth-order valence-electron chi connectivity index (χ4n) is 1.93. The molecular weight excluding hydrogens is 224 g/mol. The Hall–Kier alpha value is -1.64. The topological polar surface area (TPSA) is 38.9 Å². The Morgan fingerprint density at radius 1 is 1.22 bits per heavy atom. The molecule has 1 unspecified atom stereocenters. The summed E-state index contributed by atoms with van der Waals surface area (Å²) in [5.74, 6) is 2.93. The minimum atomic E-state index is 0.231. The standard InChI is InChI=1S/C15H19N2O/c1-4-8-11(2)12(3)14-16-17-15(18-14)13-9-6-5-7-10-13/h5-7,9-10,12H,4,8H2,1-3H3. The number of aromatic nitrogens is 2. The highest BCUT2D eigenvalue weighted by Crippen LogP contribution is 2.29. The van der Waals surface area contributed by atoms with Crippen molar-refractivity contribution in [3.05, 3.63) is 42.1 Å². The molecule has 1 radical (unpaired) electrons. The van der Waals surface area contributed by atoms with Crippen molar-refractivity contribution in [2.75, 3.05) is 0 Å². The van der Waals surface area contributed by atoms with Crippen LogP contribution in [0.3, 0.4) is 0 Å². The van der Waals surface area contributed by atoms with Crippen molar-refractivity contribution < 1.29 is 4.42 Å². The Balaban J connectivity index is 2.15. The van der Waals surface area contributed by atoms with Crippen LogP contribution in [0.1, 0.15) is 45.4 Å². The highest BCUT2D eigenvalue weighted by atomic mass is 16.4. The van der Waals surface area contributed by atoms with Crippen LogP contribution in [0.15, 0.2) is 34.7 Å². The van der Waals surface area contributed by atoms with Crippen LogP contribution in [0.25, 0.3) is 11.5 Å². The monoisotopic (exact) mass is 243 g/mol. The van der Waals surface area contributed by atoms with Crippen LogP contribution < -0.4 is 0 Å². The number of hydrogen-bond donors (Lipinski definition) is 0. The molecule has 0 bridgehead atoms. The summed E-state index contributed by atoms with van der Waals surface area (Å²) in [6, 6.07) is 9.87. The van der Waals surface area contributed by atoms with Crippen LogP contribution >= 0.6 is 0 Å². The van der Waals surface area contributed by atoms with E-state index >= 15 is 0 Å². The van der Waals surface area contributed by atoms with Gasteiger partial charge in [-0.25, -0.2) is 0 Å². The second-order valence-corrected chi connectivity index (χ2v) is 4.63. The van der Waals surface area contributed by atoms with E-state index in [-0.39, 0.29) is 5.92 Å². The molecule has 0 amide bonds. The molecule has 2 rings (SSSR count). The van der Waals surface area contributed by atoms with Gasteiger partial charge in [0.05, 0.1) is 0 Å². The van der Waals surface area contributed by atoms with Crippen molar-refractivity contribution in [2.45, 2.75) is 39.5 Å². The third kappa shape index (κ3) is 2.78. The fraction of sp³-hybridized carbons (Fsp3) is 0.400. The molecule has 0 fully saturated rings. The maximum Gasteiger partial charge on any atom is 0.247 e.